The van der Waals surface area contributed by atoms with Crippen molar-refractivity contribution in [3.8, 4) is 0 Å². The number of anilines is 1. The fraction of sp³-hybridized carbons (Fsp3) is 0.0714. The molecule has 0 saturated carbocycles. The van der Waals surface area contributed by atoms with Gasteiger partial charge in [0.25, 0.3) is 0 Å². The molecule has 98 valence electrons. The molecule has 0 unspecified atom stereocenters. The molecule has 0 bridgehead atoms. The van der Waals surface area contributed by atoms with Gasteiger partial charge in [-0.3, -0.25) is 4.79 Å². The van der Waals surface area contributed by atoms with Gasteiger partial charge in [-0.2, -0.15) is 0 Å². The standard InChI is InChI=1S/C14H11BrClNO2/c1-9-2-5-14(19-9)13(18)6-7-17-10-3-4-11(15)12(16)8-10/h2-8,17H,1H3. The Balaban J connectivity index is 2.00. The lowest BCUT2D eigenvalue weighted by Crippen LogP contribution is -1.94. The summed E-state index contributed by atoms with van der Waals surface area (Å²) >= 11 is 9.27. The van der Waals surface area contributed by atoms with E-state index in [2.05, 4.69) is 21.2 Å². The highest BCUT2D eigenvalue weighted by atomic mass is 79.9. The van der Waals surface area contributed by atoms with Crippen LogP contribution in [0.5, 0.6) is 0 Å². The van der Waals surface area contributed by atoms with Crippen molar-refractivity contribution in [1.82, 2.24) is 0 Å². The highest BCUT2D eigenvalue weighted by Gasteiger charge is 2.05. The Kier molecular flexibility index (Phi) is 4.45. The summed E-state index contributed by atoms with van der Waals surface area (Å²) in [7, 11) is 0. The second kappa shape index (κ2) is 6.08. The van der Waals surface area contributed by atoms with E-state index in [4.69, 9.17) is 16.0 Å². The predicted molar refractivity (Wildman–Crippen MR) is 79.7 cm³/mol. The molecule has 0 radical (unpaired) electrons. The lowest BCUT2D eigenvalue weighted by Gasteiger charge is -2.02. The maximum Gasteiger partial charge on any atom is 0.222 e. The van der Waals surface area contributed by atoms with E-state index >= 15 is 0 Å². The zero-order chi connectivity index (χ0) is 13.8. The molecule has 2 aromatic rings. The monoisotopic (exact) mass is 339 g/mol. The van der Waals surface area contributed by atoms with Gasteiger partial charge in [0.1, 0.15) is 5.76 Å². The van der Waals surface area contributed by atoms with Gasteiger partial charge in [-0.05, 0) is 53.2 Å². The van der Waals surface area contributed by atoms with Crippen molar-refractivity contribution in [2.75, 3.05) is 5.32 Å². The van der Waals surface area contributed by atoms with E-state index in [1.54, 1.807) is 31.3 Å². The number of allylic oxidation sites excluding steroid dienone is 1. The molecular weight excluding hydrogens is 330 g/mol. The van der Waals surface area contributed by atoms with Crippen LogP contribution in [0.2, 0.25) is 5.02 Å². The largest absolute Gasteiger partial charge is 0.458 e. The van der Waals surface area contributed by atoms with Gasteiger partial charge < -0.3 is 9.73 Å². The van der Waals surface area contributed by atoms with Crippen molar-refractivity contribution in [3.63, 3.8) is 0 Å². The Morgan fingerprint density at radius 3 is 2.79 bits per heavy atom. The fourth-order valence-corrected chi connectivity index (χ4v) is 1.88. The first-order valence-electron chi connectivity index (χ1n) is 5.55. The van der Waals surface area contributed by atoms with E-state index in [0.717, 1.165) is 10.2 Å². The number of furan rings is 1. The molecule has 0 amide bonds. The highest BCUT2D eigenvalue weighted by Crippen LogP contribution is 2.25. The Labute approximate surface area is 124 Å². The average molecular weight is 341 g/mol. The first kappa shape index (κ1) is 13.9. The third-order valence-electron chi connectivity index (χ3n) is 2.39. The summed E-state index contributed by atoms with van der Waals surface area (Å²) in [4.78, 5) is 11.7. The molecule has 1 aromatic carbocycles. The van der Waals surface area contributed by atoms with E-state index in [9.17, 15) is 4.79 Å². The van der Waals surface area contributed by atoms with E-state index < -0.39 is 0 Å². The van der Waals surface area contributed by atoms with E-state index in [1.807, 2.05) is 12.1 Å². The number of rotatable bonds is 4. The van der Waals surface area contributed by atoms with Crippen LogP contribution in [-0.4, -0.2) is 5.78 Å². The fourth-order valence-electron chi connectivity index (χ4n) is 1.45. The number of aryl methyl sites for hydroxylation is 1. The Hall–Kier alpha value is -1.52. The molecule has 0 atom stereocenters. The maximum atomic E-state index is 11.7. The summed E-state index contributed by atoms with van der Waals surface area (Å²) in [6, 6.07) is 8.84. The van der Waals surface area contributed by atoms with Crippen LogP contribution >= 0.6 is 27.5 Å². The molecule has 0 saturated heterocycles. The minimum atomic E-state index is -0.191. The van der Waals surface area contributed by atoms with Gasteiger partial charge in [-0.25, -0.2) is 0 Å². The van der Waals surface area contributed by atoms with Crippen molar-refractivity contribution in [2.45, 2.75) is 6.92 Å². The molecule has 0 aliphatic rings. The first-order chi connectivity index (χ1) is 9.06. The van der Waals surface area contributed by atoms with E-state index in [-0.39, 0.29) is 5.78 Å². The van der Waals surface area contributed by atoms with Crippen LogP contribution in [0.25, 0.3) is 0 Å². The summed E-state index contributed by atoms with van der Waals surface area (Å²) in [5.74, 6) is 0.845. The van der Waals surface area contributed by atoms with Crippen molar-refractivity contribution in [3.05, 3.63) is 63.6 Å². The van der Waals surface area contributed by atoms with E-state index in [0.29, 0.717) is 16.5 Å². The topological polar surface area (TPSA) is 42.2 Å². The lowest BCUT2D eigenvalue weighted by atomic mass is 10.3. The van der Waals surface area contributed by atoms with Gasteiger partial charge in [0.2, 0.25) is 5.78 Å². The molecule has 0 aliphatic carbocycles. The minimum absolute atomic E-state index is 0.191. The molecule has 0 fully saturated rings. The van der Waals surface area contributed by atoms with Crippen LogP contribution < -0.4 is 5.32 Å². The van der Waals surface area contributed by atoms with Crippen molar-refractivity contribution < 1.29 is 9.21 Å². The molecule has 3 nitrogen and oxygen atoms in total. The van der Waals surface area contributed by atoms with Gasteiger partial charge in [0.15, 0.2) is 5.76 Å². The minimum Gasteiger partial charge on any atom is -0.458 e. The molecular formula is C14H11BrClNO2. The van der Waals surface area contributed by atoms with Gasteiger partial charge in [0.05, 0.1) is 5.02 Å². The quantitative estimate of drug-likeness (QED) is 0.641. The zero-order valence-corrected chi connectivity index (χ0v) is 12.5. The second-order valence-electron chi connectivity index (χ2n) is 3.88. The maximum absolute atomic E-state index is 11.7. The van der Waals surface area contributed by atoms with E-state index in [1.165, 1.54) is 6.08 Å². The third kappa shape index (κ3) is 3.72. The number of carbonyl (C=O) groups is 1. The number of hydrogen-bond acceptors (Lipinski definition) is 3. The summed E-state index contributed by atoms with van der Waals surface area (Å²) in [5, 5.41) is 3.57. The average Bonchev–Trinajstić information content (AvgIpc) is 2.80. The summed E-state index contributed by atoms with van der Waals surface area (Å²) in [6.07, 6.45) is 2.97. The number of ketones is 1. The van der Waals surface area contributed by atoms with Gasteiger partial charge in [0, 0.05) is 22.4 Å². The Bertz CT molecular complexity index is 634. The highest BCUT2D eigenvalue weighted by molar-refractivity contribution is 9.10. The summed E-state index contributed by atoms with van der Waals surface area (Å²) < 4.78 is 6.05. The molecule has 1 aromatic heterocycles. The smallest absolute Gasteiger partial charge is 0.222 e. The van der Waals surface area contributed by atoms with Crippen LogP contribution in [0.3, 0.4) is 0 Å². The SMILES string of the molecule is Cc1ccc(C(=O)C=CNc2ccc(Br)c(Cl)c2)o1. The molecule has 0 spiro atoms. The Morgan fingerprint density at radius 2 is 2.16 bits per heavy atom. The number of hydrogen-bond donors (Lipinski definition) is 1. The third-order valence-corrected chi connectivity index (χ3v) is 3.62. The lowest BCUT2D eigenvalue weighted by molar-refractivity contribution is 0.102. The van der Waals surface area contributed by atoms with Crippen LogP contribution in [0.15, 0.2) is 51.5 Å². The normalized spacial score (nSPS) is 10.9. The van der Waals surface area contributed by atoms with Crippen LogP contribution in [0.1, 0.15) is 16.3 Å². The first-order valence-corrected chi connectivity index (χ1v) is 6.72. The molecule has 19 heavy (non-hydrogen) atoms. The van der Waals surface area contributed by atoms with Crippen LogP contribution in [0, 0.1) is 6.92 Å². The number of nitrogens with one attached hydrogen (secondary N) is 1. The molecule has 0 aliphatic heterocycles. The summed E-state index contributed by atoms with van der Waals surface area (Å²) in [5.41, 5.74) is 0.799. The second-order valence-corrected chi connectivity index (χ2v) is 5.14. The van der Waals surface area contributed by atoms with Crippen molar-refractivity contribution >= 4 is 39.0 Å². The number of benzene rings is 1. The van der Waals surface area contributed by atoms with Crippen LogP contribution in [-0.2, 0) is 0 Å². The number of halogens is 2. The molecule has 1 N–H and O–H groups in total. The van der Waals surface area contributed by atoms with Crippen molar-refractivity contribution in [2.24, 2.45) is 0 Å². The Morgan fingerprint density at radius 1 is 1.37 bits per heavy atom. The molecule has 5 heteroatoms. The predicted octanol–water partition coefficient (Wildman–Crippen LogP) is 4.81. The van der Waals surface area contributed by atoms with Gasteiger partial charge >= 0.3 is 0 Å². The van der Waals surface area contributed by atoms with Crippen LogP contribution in [0.4, 0.5) is 5.69 Å². The molecule has 2 rings (SSSR count). The molecule has 1 heterocycles. The van der Waals surface area contributed by atoms with Crippen molar-refractivity contribution in [1.29, 1.82) is 0 Å². The number of carbonyl (C=O) groups excluding carboxylic acids is 1. The summed E-state index contributed by atoms with van der Waals surface area (Å²) in [6.45, 7) is 1.79. The van der Waals surface area contributed by atoms with Gasteiger partial charge in [-0.15, -0.1) is 0 Å². The van der Waals surface area contributed by atoms with Gasteiger partial charge in [-0.1, -0.05) is 11.6 Å². The zero-order valence-electron chi connectivity index (χ0n) is 10.1.